The molecule has 0 aliphatic heterocycles. The van der Waals surface area contributed by atoms with E-state index in [4.69, 9.17) is 4.43 Å². The Labute approximate surface area is 123 Å². The Morgan fingerprint density at radius 2 is 1.32 bits per heavy atom. The highest BCUT2D eigenvalue weighted by Crippen LogP contribution is 2.29. The second-order valence-electron chi connectivity index (χ2n) is 6.15. The van der Waals surface area contributed by atoms with E-state index in [-0.39, 0.29) is 0 Å². The maximum Gasteiger partial charge on any atom is 0.192 e. The Bertz CT molecular complexity index is 175. The van der Waals surface area contributed by atoms with Gasteiger partial charge in [0.15, 0.2) is 8.32 Å². The molecule has 0 aromatic carbocycles. The first-order chi connectivity index (χ1) is 9.10. The first-order valence-corrected chi connectivity index (χ1v) is 10.9. The summed E-state index contributed by atoms with van der Waals surface area (Å²) >= 11 is 0. The quantitative estimate of drug-likeness (QED) is 0.446. The predicted octanol–water partition coefficient (Wildman–Crippen LogP) is 4.91. The van der Waals surface area contributed by atoms with E-state index in [9.17, 15) is 0 Å². The summed E-state index contributed by atoms with van der Waals surface area (Å²) in [6.07, 6.45) is 7.83. The summed E-state index contributed by atoms with van der Waals surface area (Å²) in [5, 5.41) is 0. The zero-order chi connectivity index (χ0) is 14.6. The Morgan fingerprint density at radius 3 is 1.74 bits per heavy atom. The van der Waals surface area contributed by atoms with Crippen LogP contribution in [0.1, 0.15) is 59.3 Å². The van der Waals surface area contributed by atoms with Crippen LogP contribution in [0.25, 0.3) is 0 Å². The number of rotatable bonds is 13. The minimum atomic E-state index is -1.45. The summed E-state index contributed by atoms with van der Waals surface area (Å²) in [4.78, 5) is 2.30. The summed E-state index contributed by atoms with van der Waals surface area (Å²) in [5.74, 6) is 0. The van der Waals surface area contributed by atoms with E-state index in [0.29, 0.717) is 0 Å². The first kappa shape index (κ1) is 19.1. The molecule has 0 rings (SSSR count). The van der Waals surface area contributed by atoms with Crippen LogP contribution in [0, 0.1) is 0 Å². The number of hydrogen-bond donors (Lipinski definition) is 0. The molecule has 0 amide bonds. The average Bonchev–Trinajstić information content (AvgIpc) is 2.39. The Balaban J connectivity index is 4.47. The molecule has 116 valence electrons. The molecule has 3 heteroatoms. The van der Waals surface area contributed by atoms with Crippen molar-refractivity contribution in [1.29, 1.82) is 0 Å². The lowest BCUT2D eigenvalue weighted by atomic mass is 10.4. The highest BCUT2D eigenvalue weighted by atomic mass is 28.4. The van der Waals surface area contributed by atoms with Crippen molar-refractivity contribution in [3.05, 3.63) is 0 Å². The molecule has 0 aliphatic rings. The van der Waals surface area contributed by atoms with Crippen molar-refractivity contribution in [2.24, 2.45) is 0 Å². The van der Waals surface area contributed by atoms with Gasteiger partial charge in [-0.1, -0.05) is 46.5 Å². The van der Waals surface area contributed by atoms with Crippen LogP contribution in [0.4, 0.5) is 0 Å². The third-order valence-electron chi connectivity index (χ3n) is 3.82. The van der Waals surface area contributed by atoms with E-state index in [1.165, 1.54) is 63.2 Å². The van der Waals surface area contributed by atoms with E-state index in [1.54, 1.807) is 0 Å². The SMILES string of the molecule is CCCC[Si](CCCC)(CCCN(C)C)OCCC. The van der Waals surface area contributed by atoms with Gasteiger partial charge in [0.05, 0.1) is 0 Å². The van der Waals surface area contributed by atoms with E-state index in [2.05, 4.69) is 39.8 Å². The first-order valence-electron chi connectivity index (χ1n) is 8.39. The minimum Gasteiger partial charge on any atom is -0.417 e. The van der Waals surface area contributed by atoms with E-state index < -0.39 is 8.32 Å². The molecule has 0 N–H and O–H groups in total. The van der Waals surface area contributed by atoms with Crippen molar-refractivity contribution < 1.29 is 4.43 Å². The van der Waals surface area contributed by atoms with Crippen LogP contribution in [-0.4, -0.2) is 40.5 Å². The van der Waals surface area contributed by atoms with Crippen LogP contribution in [0.3, 0.4) is 0 Å². The molecule has 0 aromatic rings. The predicted molar refractivity (Wildman–Crippen MR) is 89.4 cm³/mol. The molecule has 0 atom stereocenters. The Morgan fingerprint density at radius 1 is 0.789 bits per heavy atom. The standard InChI is InChI=1S/C16H37NOSi/c1-6-9-14-19(15-10-7-2,18-13-8-3)16-11-12-17(4)5/h6-16H2,1-5H3. The molecule has 0 aliphatic carbocycles. The van der Waals surface area contributed by atoms with Crippen molar-refractivity contribution >= 4 is 8.32 Å². The van der Waals surface area contributed by atoms with E-state index >= 15 is 0 Å². The smallest absolute Gasteiger partial charge is 0.192 e. The van der Waals surface area contributed by atoms with Gasteiger partial charge in [-0.05, 0) is 51.6 Å². The second-order valence-corrected chi connectivity index (χ2v) is 10.3. The van der Waals surface area contributed by atoms with Gasteiger partial charge in [-0.15, -0.1) is 0 Å². The van der Waals surface area contributed by atoms with Crippen LogP contribution >= 0.6 is 0 Å². The summed E-state index contributed by atoms with van der Waals surface area (Å²) in [7, 11) is 2.90. The lowest BCUT2D eigenvalue weighted by molar-refractivity contribution is 0.291. The van der Waals surface area contributed by atoms with Gasteiger partial charge < -0.3 is 9.33 Å². The van der Waals surface area contributed by atoms with Crippen LogP contribution in [0.2, 0.25) is 18.1 Å². The second kappa shape index (κ2) is 11.9. The molecule has 0 spiro atoms. The molecule has 0 saturated carbocycles. The number of hydrogen-bond acceptors (Lipinski definition) is 2. The molecular formula is C16H37NOSi. The fourth-order valence-corrected chi connectivity index (χ4v) is 7.24. The van der Waals surface area contributed by atoms with Crippen LogP contribution in [0.15, 0.2) is 0 Å². The van der Waals surface area contributed by atoms with Crippen molar-refractivity contribution in [2.75, 3.05) is 27.2 Å². The maximum absolute atomic E-state index is 6.49. The highest BCUT2D eigenvalue weighted by Gasteiger charge is 2.32. The summed E-state index contributed by atoms with van der Waals surface area (Å²) < 4.78 is 6.49. The van der Waals surface area contributed by atoms with Crippen molar-refractivity contribution in [3.63, 3.8) is 0 Å². The van der Waals surface area contributed by atoms with Crippen molar-refractivity contribution in [1.82, 2.24) is 4.90 Å². The van der Waals surface area contributed by atoms with Crippen LogP contribution < -0.4 is 0 Å². The monoisotopic (exact) mass is 287 g/mol. The molecule has 0 heterocycles. The van der Waals surface area contributed by atoms with Gasteiger partial charge in [-0.3, -0.25) is 0 Å². The third kappa shape index (κ3) is 9.64. The van der Waals surface area contributed by atoms with E-state index in [1.807, 2.05) is 0 Å². The van der Waals surface area contributed by atoms with Gasteiger partial charge in [0.25, 0.3) is 0 Å². The van der Waals surface area contributed by atoms with E-state index in [0.717, 1.165) is 6.61 Å². The minimum absolute atomic E-state index is 0.988. The molecule has 0 radical (unpaired) electrons. The van der Waals surface area contributed by atoms with Gasteiger partial charge in [0.1, 0.15) is 0 Å². The van der Waals surface area contributed by atoms with Crippen molar-refractivity contribution in [3.8, 4) is 0 Å². The molecule has 0 unspecified atom stereocenters. The largest absolute Gasteiger partial charge is 0.417 e. The van der Waals surface area contributed by atoms with Gasteiger partial charge in [0.2, 0.25) is 0 Å². The topological polar surface area (TPSA) is 12.5 Å². The Kier molecular flexibility index (Phi) is 12.0. The number of unbranched alkanes of at least 4 members (excludes halogenated alkanes) is 2. The van der Waals surface area contributed by atoms with Crippen molar-refractivity contribution in [2.45, 2.75) is 77.4 Å². The summed E-state index contributed by atoms with van der Waals surface area (Å²) in [6, 6.07) is 4.14. The van der Waals surface area contributed by atoms with Gasteiger partial charge in [-0.2, -0.15) is 0 Å². The van der Waals surface area contributed by atoms with Crippen LogP contribution in [0.5, 0.6) is 0 Å². The number of nitrogens with zero attached hydrogens (tertiary/aromatic N) is 1. The lowest BCUT2D eigenvalue weighted by Crippen LogP contribution is -2.39. The van der Waals surface area contributed by atoms with Gasteiger partial charge >= 0.3 is 0 Å². The summed E-state index contributed by atoms with van der Waals surface area (Å²) in [6.45, 7) is 9.04. The van der Waals surface area contributed by atoms with Crippen LogP contribution in [-0.2, 0) is 4.43 Å². The molecule has 0 fully saturated rings. The third-order valence-corrected chi connectivity index (χ3v) is 8.43. The highest BCUT2D eigenvalue weighted by molar-refractivity contribution is 6.73. The Hall–Kier alpha value is 0.137. The zero-order valence-corrected chi connectivity index (χ0v) is 15.1. The molecular weight excluding hydrogens is 250 g/mol. The fourth-order valence-electron chi connectivity index (χ4n) is 2.63. The van der Waals surface area contributed by atoms with Gasteiger partial charge in [-0.25, -0.2) is 0 Å². The molecule has 0 aromatic heterocycles. The zero-order valence-electron chi connectivity index (χ0n) is 14.1. The average molecular weight is 288 g/mol. The van der Waals surface area contributed by atoms with Gasteiger partial charge in [0, 0.05) is 6.61 Å². The molecule has 0 bridgehead atoms. The summed E-state index contributed by atoms with van der Waals surface area (Å²) in [5.41, 5.74) is 0. The maximum atomic E-state index is 6.49. The molecule has 19 heavy (non-hydrogen) atoms. The molecule has 2 nitrogen and oxygen atoms in total. The molecule has 0 saturated heterocycles. The fraction of sp³-hybridized carbons (Fsp3) is 1.00. The lowest BCUT2D eigenvalue weighted by Gasteiger charge is -2.32. The normalized spacial score (nSPS) is 12.3.